The second-order valence-electron chi connectivity index (χ2n) is 10.0. The summed E-state index contributed by atoms with van der Waals surface area (Å²) in [7, 11) is 0. The third-order valence-electron chi connectivity index (χ3n) is 5.87. The number of hydrogen-bond donors (Lipinski definition) is 0. The summed E-state index contributed by atoms with van der Waals surface area (Å²) >= 11 is 0. The number of amides is 2. The van der Waals surface area contributed by atoms with Crippen molar-refractivity contribution < 1.29 is 14.3 Å². The van der Waals surface area contributed by atoms with Crippen LogP contribution in [0.4, 0.5) is 4.79 Å². The highest BCUT2D eigenvalue weighted by atomic mass is 16.6. The standard InChI is InChI=1S/C25H33N7O3/c1-18(2)32(20-11-13-29(14-12-20)24(34)35-25(3,4)5)23(33)22-17-31(28-27-22)21-15-26-30(16-21)19-9-7-6-8-10-19/h6-10,15-18,20H,11-14H2,1-5H3. The minimum atomic E-state index is -0.530. The van der Waals surface area contributed by atoms with Gasteiger partial charge >= 0.3 is 6.09 Å². The van der Waals surface area contributed by atoms with Crippen molar-refractivity contribution in [3.05, 3.63) is 54.6 Å². The van der Waals surface area contributed by atoms with Gasteiger partial charge in [0.15, 0.2) is 5.69 Å². The maximum absolute atomic E-state index is 13.4. The van der Waals surface area contributed by atoms with Gasteiger partial charge in [0, 0.05) is 25.2 Å². The Morgan fingerprint density at radius 2 is 1.71 bits per heavy atom. The van der Waals surface area contributed by atoms with Gasteiger partial charge in [-0.15, -0.1) is 5.10 Å². The van der Waals surface area contributed by atoms with Crippen LogP contribution in [0.3, 0.4) is 0 Å². The lowest BCUT2D eigenvalue weighted by molar-refractivity contribution is 0.0127. The van der Waals surface area contributed by atoms with E-state index in [1.807, 2.05) is 76.0 Å². The molecule has 0 spiro atoms. The number of carbonyl (C=O) groups excluding carboxylic acids is 2. The Labute approximate surface area is 205 Å². The number of rotatable bonds is 5. The SMILES string of the molecule is CC(C)N(C(=O)c1cn(-c2cnn(-c3ccccc3)c2)nn1)C1CCN(C(=O)OC(C)(C)C)CC1. The van der Waals surface area contributed by atoms with Crippen molar-refractivity contribution in [2.75, 3.05) is 13.1 Å². The van der Waals surface area contributed by atoms with E-state index < -0.39 is 5.60 Å². The molecule has 10 nitrogen and oxygen atoms in total. The summed E-state index contributed by atoms with van der Waals surface area (Å²) in [6.07, 6.45) is 6.22. The second kappa shape index (κ2) is 9.89. The largest absolute Gasteiger partial charge is 0.444 e. The molecule has 4 rings (SSSR count). The van der Waals surface area contributed by atoms with Crippen LogP contribution in [0.5, 0.6) is 0 Å². The van der Waals surface area contributed by atoms with Gasteiger partial charge in [0.2, 0.25) is 0 Å². The van der Waals surface area contributed by atoms with Crippen molar-refractivity contribution >= 4 is 12.0 Å². The molecule has 2 aromatic heterocycles. The highest BCUT2D eigenvalue weighted by molar-refractivity contribution is 5.92. The van der Waals surface area contributed by atoms with Gasteiger partial charge in [-0.25, -0.2) is 14.2 Å². The van der Waals surface area contributed by atoms with Crippen LogP contribution in [0.15, 0.2) is 48.9 Å². The van der Waals surface area contributed by atoms with Gasteiger partial charge in [0.25, 0.3) is 5.91 Å². The number of piperidine rings is 1. The molecule has 0 aliphatic carbocycles. The number of para-hydroxylation sites is 1. The summed E-state index contributed by atoms with van der Waals surface area (Å²) in [6.45, 7) is 10.6. The fourth-order valence-corrected chi connectivity index (χ4v) is 4.25. The molecule has 1 aliphatic heterocycles. The van der Waals surface area contributed by atoms with E-state index in [1.54, 1.807) is 26.7 Å². The second-order valence-corrected chi connectivity index (χ2v) is 10.0. The third-order valence-corrected chi connectivity index (χ3v) is 5.87. The van der Waals surface area contributed by atoms with Gasteiger partial charge in [0.1, 0.15) is 11.3 Å². The van der Waals surface area contributed by atoms with E-state index in [0.717, 1.165) is 5.69 Å². The monoisotopic (exact) mass is 479 g/mol. The average Bonchev–Trinajstić information content (AvgIpc) is 3.49. The van der Waals surface area contributed by atoms with Crippen molar-refractivity contribution in [2.45, 2.75) is 65.1 Å². The summed E-state index contributed by atoms with van der Waals surface area (Å²) in [5.41, 5.74) is 1.39. The first-order valence-corrected chi connectivity index (χ1v) is 12.0. The lowest BCUT2D eigenvalue weighted by Crippen LogP contribution is -2.51. The lowest BCUT2D eigenvalue weighted by atomic mass is 10.0. The van der Waals surface area contributed by atoms with E-state index in [-0.39, 0.29) is 29.8 Å². The molecule has 186 valence electrons. The lowest BCUT2D eigenvalue weighted by Gasteiger charge is -2.40. The number of likely N-dealkylation sites (tertiary alicyclic amines) is 1. The van der Waals surface area contributed by atoms with Crippen LogP contribution in [0, 0.1) is 0 Å². The van der Waals surface area contributed by atoms with Crippen LogP contribution in [-0.2, 0) is 4.74 Å². The molecular weight excluding hydrogens is 446 g/mol. The zero-order chi connectivity index (χ0) is 25.2. The number of carbonyl (C=O) groups is 2. The molecule has 35 heavy (non-hydrogen) atoms. The molecule has 0 N–H and O–H groups in total. The number of aromatic nitrogens is 5. The first-order valence-electron chi connectivity index (χ1n) is 12.0. The summed E-state index contributed by atoms with van der Waals surface area (Å²) in [4.78, 5) is 29.4. The third kappa shape index (κ3) is 5.70. The van der Waals surface area contributed by atoms with Crippen molar-refractivity contribution in [2.24, 2.45) is 0 Å². The normalized spacial score (nSPS) is 14.9. The molecule has 0 saturated carbocycles. The molecule has 3 aromatic rings. The van der Waals surface area contributed by atoms with Crippen molar-refractivity contribution in [1.82, 2.24) is 34.6 Å². The van der Waals surface area contributed by atoms with Gasteiger partial charge in [-0.3, -0.25) is 4.79 Å². The van der Waals surface area contributed by atoms with Crippen LogP contribution in [0.2, 0.25) is 0 Å². The Morgan fingerprint density at radius 1 is 1.03 bits per heavy atom. The fourth-order valence-electron chi connectivity index (χ4n) is 4.25. The summed E-state index contributed by atoms with van der Waals surface area (Å²) in [5.74, 6) is -0.169. The van der Waals surface area contributed by atoms with Crippen molar-refractivity contribution in [3.63, 3.8) is 0 Å². The van der Waals surface area contributed by atoms with E-state index in [4.69, 9.17) is 4.74 Å². The van der Waals surface area contributed by atoms with Gasteiger partial charge in [0.05, 0.1) is 24.3 Å². The Balaban J connectivity index is 1.44. The van der Waals surface area contributed by atoms with Crippen molar-refractivity contribution in [1.29, 1.82) is 0 Å². The van der Waals surface area contributed by atoms with Gasteiger partial charge in [-0.1, -0.05) is 23.4 Å². The summed E-state index contributed by atoms with van der Waals surface area (Å²) in [5, 5.41) is 12.7. The number of nitrogens with zero attached hydrogens (tertiary/aromatic N) is 7. The van der Waals surface area contributed by atoms with Gasteiger partial charge in [-0.05, 0) is 59.6 Å². The Morgan fingerprint density at radius 3 is 2.34 bits per heavy atom. The molecule has 3 heterocycles. The maximum Gasteiger partial charge on any atom is 0.410 e. The van der Waals surface area contributed by atoms with E-state index in [9.17, 15) is 9.59 Å². The smallest absolute Gasteiger partial charge is 0.410 e. The first kappa shape index (κ1) is 24.4. The van der Waals surface area contributed by atoms with Crippen LogP contribution in [0.1, 0.15) is 57.9 Å². The van der Waals surface area contributed by atoms with E-state index in [1.165, 1.54) is 0 Å². The zero-order valence-corrected chi connectivity index (χ0v) is 21.0. The molecule has 10 heteroatoms. The predicted octanol–water partition coefficient (Wildman–Crippen LogP) is 3.70. The Hall–Kier alpha value is -3.69. The van der Waals surface area contributed by atoms with E-state index in [2.05, 4.69) is 15.4 Å². The van der Waals surface area contributed by atoms with Gasteiger partial charge < -0.3 is 14.5 Å². The van der Waals surface area contributed by atoms with Crippen LogP contribution in [0.25, 0.3) is 11.4 Å². The maximum atomic E-state index is 13.4. The van der Waals surface area contributed by atoms with Crippen LogP contribution in [-0.4, -0.2) is 77.3 Å². The number of benzene rings is 1. The summed E-state index contributed by atoms with van der Waals surface area (Å²) in [6, 6.07) is 9.75. The van der Waals surface area contributed by atoms with Crippen LogP contribution >= 0.6 is 0 Å². The first-order chi connectivity index (χ1) is 16.6. The molecule has 0 bridgehead atoms. The minimum absolute atomic E-state index is 0.00664. The molecule has 1 aromatic carbocycles. The van der Waals surface area contributed by atoms with E-state index in [0.29, 0.717) is 31.6 Å². The number of ether oxygens (including phenoxy) is 1. The molecular formula is C25H33N7O3. The fraction of sp³-hybridized carbons (Fsp3) is 0.480. The average molecular weight is 480 g/mol. The topological polar surface area (TPSA) is 98.4 Å². The quantitative estimate of drug-likeness (QED) is 0.553. The Bertz CT molecular complexity index is 1160. The molecule has 0 unspecified atom stereocenters. The number of hydrogen-bond acceptors (Lipinski definition) is 6. The molecule has 1 saturated heterocycles. The van der Waals surface area contributed by atoms with Crippen molar-refractivity contribution in [3.8, 4) is 11.4 Å². The molecule has 1 fully saturated rings. The summed E-state index contributed by atoms with van der Waals surface area (Å²) < 4.78 is 8.80. The minimum Gasteiger partial charge on any atom is -0.444 e. The molecule has 2 amide bonds. The highest BCUT2D eigenvalue weighted by Crippen LogP contribution is 2.23. The zero-order valence-electron chi connectivity index (χ0n) is 21.0. The van der Waals surface area contributed by atoms with E-state index >= 15 is 0 Å². The molecule has 1 aliphatic rings. The molecule has 0 radical (unpaired) electrons. The van der Waals surface area contributed by atoms with Gasteiger partial charge in [-0.2, -0.15) is 5.10 Å². The van der Waals surface area contributed by atoms with Crippen LogP contribution < -0.4 is 0 Å². The Kier molecular flexibility index (Phi) is 6.90. The highest BCUT2D eigenvalue weighted by Gasteiger charge is 2.34. The predicted molar refractivity (Wildman–Crippen MR) is 131 cm³/mol. The molecule has 0 atom stereocenters.